The Morgan fingerprint density at radius 1 is 1.08 bits per heavy atom. The van der Waals surface area contributed by atoms with Gasteiger partial charge in [-0.1, -0.05) is 59.8 Å². The van der Waals surface area contributed by atoms with E-state index in [1.807, 2.05) is 31.2 Å². The number of rotatable bonds is 6. The van der Waals surface area contributed by atoms with Gasteiger partial charge in [-0.15, -0.1) is 11.3 Å². The van der Waals surface area contributed by atoms with E-state index in [0.717, 1.165) is 52.4 Å². The normalized spacial score (nSPS) is 13.5. The number of aromatic nitrogens is 2. The van der Waals surface area contributed by atoms with Crippen molar-refractivity contribution in [3.63, 3.8) is 0 Å². The molecular formula is C30H25ClN4O2S2. The van der Waals surface area contributed by atoms with Crippen molar-refractivity contribution in [2.75, 3.05) is 5.75 Å². The van der Waals surface area contributed by atoms with E-state index in [0.29, 0.717) is 27.0 Å². The van der Waals surface area contributed by atoms with Crippen molar-refractivity contribution >= 4 is 67.3 Å². The van der Waals surface area contributed by atoms with E-state index in [9.17, 15) is 9.59 Å². The van der Waals surface area contributed by atoms with Crippen LogP contribution in [0.4, 0.5) is 0 Å². The Balaban J connectivity index is 1.26. The van der Waals surface area contributed by atoms with Crippen LogP contribution >= 0.6 is 34.7 Å². The molecule has 0 fully saturated rings. The second kappa shape index (κ2) is 11.0. The average molecular weight is 573 g/mol. The van der Waals surface area contributed by atoms with Gasteiger partial charge in [-0.05, 0) is 84.8 Å². The van der Waals surface area contributed by atoms with Crippen molar-refractivity contribution < 1.29 is 4.79 Å². The van der Waals surface area contributed by atoms with E-state index >= 15 is 0 Å². The summed E-state index contributed by atoms with van der Waals surface area (Å²) in [4.78, 5) is 33.5. The Labute approximate surface area is 238 Å². The molecule has 1 aliphatic rings. The number of thioether (sulfide) groups is 1. The maximum atomic E-state index is 13.8. The van der Waals surface area contributed by atoms with Crippen molar-refractivity contribution in [3.05, 3.63) is 98.1 Å². The minimum atomic E-state index is -0.275. The minimum Gasteiger partial charge on any atom is -0.272 e. The monoisotopic (exact) mass is 572 g/mol. The molecule has 2 aromatic heterocycles. The number of aryl methyl sites for hydroxylation is 2. The quantitative estimate of drug-likeness (QED) is 0.105. The minimum absolute atomic E-state index is 0.0606. The lowest BCUT2D eigenvalue weighted by atomic mass is 9.97. The molecule has 3 aromatic carbocycles. The standard InChI is InChI=1S/C30H25ClN4O2S2/c1-18(20-11-10-19-6-2-3-7-21(19)16-20)33-34-26(36)17-38-30-32-28-27(24-8-4-5-9-25(24)39-28)29(37)35(30)23-14-12-22(31)13-15-23/h2-3,6-7,10-16H,4-5,8-9,17H2,1H3,(H,34,36). The fourth-order valence-electron chi connectivity index (χ4n) is 4.89. The van der Waals surface area contributed by atoms with E-state index in [1.54, 1.807) is 40.2 Å². The van der Waals surface area contributed by atoms with E-state index in [4.69, 9.17) is 16.6 Å². The Morgan fingerprint density at radius 3 is 2.67 bits per heavy atom. The Bertz CT molecular complexity index is 1810. The van der Waals surface area contributed by atoms with Crippen LogP contribution < -0.4 is 11.0 Å². The van der Waals surface area contributed by atoms with Crippen LogP contribution in [0.2, 0.25) is 5.02 Å². The third kappa shape index (κ3) is 5.24. The van der Waals surface area contributed by atoms with Crippen LogP contribution in [-0.2, 0) is 17.6 Å². The van der Waals surface area contributed by atoms with E-state index < -0.39 is 0 Å². The summed E-state index contributed by atoms with van der Waals surface area (Å²) in [5.41, 5.74) is 6.00. The first-order chi connectivity index (χ1) is 19.0. The number of halogens is 1. The summed E-state index contributed by atoms with van der Waals surface area (Å²) in [6, 6.07) is 21.3. The molecule has 0 atom stereocenters. The summed E-state index contributed by atoms with van der Waals surface area (Å²) in [6.45, 7) is 1.86. The van der Waals surface area contributed by atoms with Crippen LogP contribution in [0.15, 0.2) is 81.8 Å². The summed E-state index contributed by atoms with van der Waals surface area (Å²) < 4.78 is 1.60. The third-order valence-corrected chi connectivity index (χ3v) is 9.27. The van der Waals surface area contributed by atoms with Crippen molar-refractivity contribution in [2.24, 2.45) is 5.10 Å². The van der Waals surface area contributed by atoms with Gasteiger partial charge in [-0.2, -0.15) is 5.10 Å². The van der Waals surface area contributed by atoms with Crippen LogP contribution in [-0.4, -0.2) is 26.9 Å². The van der Waals surface area contributed by atoms with Crippen molar-refractivity contribution in [2.45, 2.75) is 37.8 Å². The number of hydrogen-bond acceptors (Lipinski definition) is 6. The fourth-order valence-corrected chi connectivity index (χ4v) is 7.12. The molecule has 0 spiro atoms. The van der Waals surface area contributed by atoms with Gasteiger partial charge in [-0.3, -0.25) is 14.2 Å². The van der Waals surface area contributed by atoms with Gasteiger partial charge in [0, 0.05) is 9.90 Å². The molecule has 0 aliphatic heterocycles. The predicted molar refractivity (Wildman–Crippen MR) is 162 cm³/mol. The number of fused-ring (bicyclic) bond motifs is 4. The molecule has 39 heavy (non-hydrogen) atoms. The number of hydrazone groups is 1. The van der Waals surface area contributed by atoms with Gasteiger partial charge in [-0.25, -0.2) is 10.4 Å². The number of thiophene rings is 1. The summed E-state index contributed by atoms with van der Waals surface area (Å²) in [7, 11) is 0. The second-order valence-electron chi connectivity index (χ2n) is 9.49. The van der Waals surface area contributed by atoms with Crippen molar-refractivity contribution in [1.29, 1.82) is 0 Å². The highest BCUT2D eigenvalue weighted by molar-refractivity contribution is 7.99. The number of carbonyl (C=O) groups excluding carboxylic acids is 1. The molecule has 9 heteroatoms. The largest absolute Gasteiger partial charge is 0.272 e. The zero-order chi connectivity index (χ0) is 26.9. The zero-order valence-electron chi connectivity index (χ0n) is 21.2. The highest BCUT2D eigenvalue weighted by atomic mass is 35.5. The molecule has 0 unspecified atom stereocenters. The highest BCUT2D eigenvalue weighted by Gasteiger charge is 2.23. The summed E-state index contributed by atoms with van der Waals surface area (Å²) >= 11 is 8.94. The fraction of sp³-hybridized carbons (Fsp3) is 0.200. The molecule has 6 nitrogen and oxygen atoms in total. The Kier molecular flexibility index (Phi) is 7.25. The van der Waals surface area contributed by atoms with E-state index in [2.05, 4.69) is 28.7 Å². The maximum Gasteiger partial charge on any atom is 0.267 e. The molecule has 0 saturated heterocycles. The number of carbonyl (C=O) groups is 1. The van der Waals surface area contributed by atoms with E-state index in [-0.39, 0.29) is 17.2 Å². The van der Waals surface area contributed by atoms with Gasteiger partial charge in [0.05, 0.1) is 22.5 Å². The van der Waals surface area contributed by atoms with Crippen LogP contribution in [0, 0.1) is 0 Å². The molecule has 196 valence electrons. The first-order valence-electron chi connectivity index (χ1n) is 12.8. The lowest BCUT2D eigenvalue weighted by Gasteiger charge is -2.13. The molecule has 6 rings (SSSR count). The number of hydrogen-bond donors (Lipinski definition) is 1. The first kappa shape index (κ1) is 25.8. The number of nitrogens with one attached hydrogen (secondary N) is 1. The van der Waals surface area contributed by atoms with Crippen molar-refractivity contribution in [3.8, 4) is 5.69 Å². The smallest absolute Gasteiger partial charge is 0.267 e. The third-order valence-electron chi connectivity index (χ3n) is 6.89. The molecule has 1 aliphatic carbocycles. The molecule has 0 radical (unpaired) electrons. The lowest BCUT2D eigenvalue weighted by Crippen LogP contribution is -2.24. The summed E-state index contributed by atoms with van der Waals surface area (Å²) in [5.74, 6) is -0.215. The lowest BCUT2D eigenvalue weighted by molar-refractivity contribution is -0.118. The number of benzene rings is 3. The van der Waals surface area contributed by atoms with Gasteiger partial charge in [0.25, 0.3) is 11.5 Å². The van der Waals surface area contributed by atoms with Gasteiger partial charge in [0.15, 0.2) is 5.16 Å². The van der Waals surface area contributed by atoms with Crippen LogP contribution in [0.1, 0.15) is 35.8 Å². The van der Waals surface area contributed by atoms with Crippen LogP contribution in [0.3, 0.4) is 0 Å². The number of amides is 1. The highest BCUT2D eigenvalue weighted by Crippen LogP contribution is 2.35. The maximum absolute atomic E-state index is 13.8. The topological polar surface area (TPSA) is 76.3 Å². The molecular weight excluding hydrogens is 548 g/mol. The SMILES string of the molecule is CC(=NNC(=O)CSc1nc2sc3c(c2c(=O)n1-c1ccc(Cl)cc1)CCCC3)c1ccc2ccccc2c1. The molecule has 0 bridgehead atoms. The average Bonchev–Trinajstić information content (AvgIpc) is 3.34. The molecule has 1 N–H and O–H groups in total. The summed E-state index contributed by atoms with van der Waals surface area (Å²) in [6.07, 6.45) is 4.09. The Morgan fingerprint density at radius 2 is 1.85 bits per heavy atom. The zero-order valence-corrected chi connectivity index (χ0v) is 23.6. The van der Waals surface area contributed by atoms with E-state index in [1.165, 1.54) is 16.6 Å². The van der Waals surface area contributed by atoms with Crippen molar-refractivity contribution in [1.82, 2.24) is 15.0 Å². The Hall–Kier alpha value is -3.46. The van der Waals surface area contributed by atoms with Gasteiger partial charge in [0.1, 0.15) is 4.83 Å². The molecule has 0 saturated carbocycles. The summed E-state index contributed by atoms with van der Waals surface area (Å²) in [5, 5.41) is 8.34. The van der Waals surface area contributed by atoms with Gasteiger partial charge in [0.2, 0.25) is 0 Å². The van der Waals surface area contributed by atoms with Gasteiger partial charge < -0.3 is 0 Å². The second-order valence-corrected chi connectivity index (χ2v) is 11.9. The number of nitrogens with zero attached hydrogens (tertiary/aromatic N) is 3. The van der Waals surface area contributed by atoms with Gasteiger partial charge >= 0.3 is 0 Å². The molecule has 1 amide bonds. The van der Waals surface area contributed by atoms with Crippen LogP contribution in [0.25, 0.3) is 26.7 Å². The molecule has 5 aromatic rings. The first-order valence-corrected chi connectivity index (χ1v) is 14.9. The predicted octanol–water partition coefficient (Wildman–Crippen LogP) is 6.77. The van der Waals surface area contributed by atoms with Crippen LogP contribution in [0.5, 0.6) is 0 Å². The molecule has 2 heterocycles.